The number of rotatable bonds is 5. The van der Waals surface area contributed by atoms with Gasteiger partial charge >= 0.3 is 6.18 Å². The summed E-state index contributed by atoms with van der Waals surface area (Å²) in [6.07, 6.45) is -3.85. The summed E-state index contributed by atoms with van der Waals surface area (Å²) in [4.78, 5) is 11.6. The Hall–Kier alpha value is -2.05. The summed E-state index contributed by atoms with van der Waals surface area (Å²) in [5.74, 6) is -0.254. The van der Waals surface area contributed by atoms with Crippen molar-refractivity contribution in [2.45, 2.75) is 19.5 Å². The Morgan fingerprint density at radius 1 is 1.33 bits per heavy atom. The second-order valence-corrected chi connectivity index (χ2v) is 4.49. The fourth-order valence-corrected chi connectivity index (χ4v) is 1.82. The predicted molar refractivity (Wildman–Crippen MR) is 75.3 cm³/mol. The molecule has 7 heteroatoms. The van der Waals surface area contributed by atoms with Gasteiger partial charge in [0.05, 0.1) is 5.71 Å². The third kappa shape index (κ3) is 5.45. The molecule has 0 aromatic heterocycles. The Kier molecular flexibility index (Phi) is 5.75. The van der Waals surface area contributed by atoms with Gasteiger partial charge in [-0.3, -0.25) is 9.80 Å². The number of halogens is 3. The van der Waals surface area contributed by atoms with Crippen molar-refractivity contribution in [3.8, 4) is 0 Å². The smallest absolute Gasteiger partial charge is 0.355 e. The van der Waals surface area contributed by atoms with Crippen molar-refractivity contribution in [3.05, 3.63) is 35.4 Å². The van der Waals surface area contributed by atoms with E-state index in [0.29, 0.717) is 23.3 Å². The molecule has 1 aromatic carbocycles. The predicted octanol–water partition coefficient (Wildman–Crippen LogP) is 2.65. The SMILES string of the molecule is CC/C(=N\N(C)CC(F)(F)F)c1cccc(C(=O)NC)c1. The zero-order valence-corrected chi connectivity index (χ0v) is 12.2. The van der Waals surface area contributed by atoms with Crippen LogP contribution in [0.15, 0.2) is 29.4 Å². The molecule has 0 bridgehead atoms. The third-order valence-corrected chi connectivity index (χ3v) is 2.72. The van der Waals surface area contributed by atoms with Crippen LogP contribution < -0.4 is 5.32 Å². The van der Waals surface area contributed by atoms with Crippen molar-refractivity contribution >= 4 is 11.6 Å². The first kappa shape index (κ1) is 17.0. The van der Waals surface area contributed by atoms with Gasteiger partial charge in [-0.2, -0.15) is 18.3 Å². The average Bonchev–Trinajstić information content (AvgIpc) is 2.42. The molecule has 0 aliphatic heterocycles. The lowest BCUT2D eigenvalue weighted by atomic mass is 10.0. The summed E-state index contributed by atoms with van der Waals surface area (Å²) >= 11 is 0. The second-order valence-electron chi connectivity index (χ2n) is 4.49. The largest absolute Gasteiger partial charge is 0.407 e. The van der Waals surface area contributed by atoms with Gasteiger partial charge < -0.3 is 5.32 Å². The number of nitrogens with one attached hydrogen (secondary N) is 1. The summed E-state index contributed by atoms with van der Waals surface area (Å²) in [6.45, 7) is 0.679. The van der Waals surface area contributed by atoms with Gasteiger partial charge in [0.1, 0.15) is 6.54 Å². The number of amides is 1. The van der Waals surface area contributed by atoms with Crippen LogP contribution in [0.25, 0.3) is 0 Å². The standard InChI is InChI=1S/C14H18F3N3O/c1-4-12(19-20(3)9-14(15,16)17)10-6-5-7-11(8-10)13(21)18-2/h5-8H,4,9H2,1-3H3,(H,18,21)/b19-12+. The van der Waals surface area contributed by atoms with E-state index in [2.05, 4.69) is 10.4 Å². The molecule has 116 valence electrons. The van der Waals surface area contributed by atoms with Gasteiger partial charge in [0.15, 0.2) is 0 Å². The van der Waals surface area contributed by atoms with Gasteiger partial charge in [0.2, 0.25) is 0 Å². The van der Waals surface area contributed by atoms with Crippen molar-refractivity contribution in [1.29, 1.82) is 0 Å². The Morgan fingerprint density at radius 2 is 1.95 bits per heavy atom. The molecule has 0 unspecified atom stereocenters. The van der Waals surface area contributed by atoms with E-state index in [9.17, 15) is 18.0 Å². The molecule has 0 atom stereocenters. The molecule has 0 aliphatic carbocycles. The molecule has 21 heavy (non-hydrogen) atoms. The summed E-state index contributed by atoms with van der Waals surface area (Å²) in [5, 5.41) is 7.33. The lowest BCUT2D eigenvalue weighted by Gasteiger charge is -2.17. The molecule has 0 saturated heterocycles. The minimum atomic E-state index is -4.30. The third-order valence-electron chi connectivity index (χ3n) is 2.72. The van der Waals surface area contributed by atoms with Crippen LogP contribution >= 0.6 is 0 Å². The summed E-state index contributed by atoms with van der Waals surface area (Å²) < 4.78 is 36.9. The maximum atomic E-state index is 12.3. The molecule has 0 fully saturated rings. The van der Waals surface area contributed by atoms with Crippen LogP contribution in [0.3, 0.4) is 0 Å². The van der Waals surface area contributed by atoms with E-state index >= 15 is 0 Å². The summed E-state index contributed by atoms with van der Waals surface area (Å²) in [7, 11) is 2.78. The van der Waals surface area contributed by atoms with Crippen LogP contribution in [0.1, 0.15) is 29.3 Å². The minimum Gasteiger partial charge on any atom is -0.355 e. The molecule has 1 N–H and O–H groups in total. The highest BCUT2D eigenvalue weighted by Crippen LogP contribution is 2.16. The summed E-state index contributed by atoms with van der Waals surface area (Å²) in [6, 6.07) is 6.64. The average molecular weight is 301 g/mol. The highest BCUT2D eigenvalue weighted by molar-refractivity contribution is 6.03. The maximum Gasteiger partial charge on any atom is 0.407 e. The van der Waals surface area contributed by atoms with Crippen LogP contribution in [-0.2, 0) is 0 Å². The van der Waals surface area contributed by atoms with E-state index < -0.39 is 12.7 Å². The van der Waals surface area contributed by atoms with Crippen LogP contribution in [0.2, 0.25) is 0 Å². The zero-order valence-electron chi connectivity index (χ0n) is 12.2. The summed E-state index contributed by atoms with van der Waals surface area (Å²) in [5.41, 5.74) is 1.56. The Balaban J connectivity index is 3.02. The number of carbonyl (C=O) groups is 1. The van der Waals surface area contributed by atoms with Gasteiger partial charge in [0, 0.05) is 19.7 Å². The van der Waals surface area contributed by atoms with Crippen LogP contribution in [0, 0.1) is 0 Å². The van der Waals surface area contributed by atoms with E-state index in [-0.39, 0.29) is 5.91 Å². The van der Waals surface area contributed by atoms with E-state index in [0.717, 1.165) is 5.01 Å². The fourth-order valence-electron chi connectivity index (χ4n) is 1.82. The monoisotopic (exact) mass is 301 g/mol. The number of hydrazone groups is 1. The molecule has 1 rings (SSSR count). The fraction of sp³-hybridized carbons (Fsp3) is 0.429. The van der Waals surface area contributed by atoms with E-state index in [1.807, 2.05) is 0 Å². The minimum absolute atomic E-state index is 0.254. The van der Waals surface area contributed by atoms with Gasteiger partial charge in [-0.05, 0) is 24.1 Å². The first-order chi connectivity index (χ1) is 9.76. The van der Waals surface area contributed by atoms with Gasteiger partial charge in [0.25, 0.3) is 5.91 Å². The quantitative estimate of drug-likeness (QED) is 0.671. The zero-order chi connectivity index (χ0) is 16.0. The van der Waals surface area contributed by atoms with E-state index in [1.165, 1.54) is 14.1 Å². The maximum absolute atomic E-state index is 12.3. The lowest BCUT2D eigenvalue weighted by molar-refractivity contribution is -0.142. The first-order valence-electron chi connectivity index (χ1n) is 6.44. The first-order valence-corrected chi connectivity index (χ1v) is 6.44. The molecular formula is C14H18F3N3O. The topological polar surface area (TPSA) is 44.7 Å². The molecule has 0 spiro atoms. The normalized spacial score (nSPS) is 12.2. The number of hydrogen-bond donors (Lipinski definition) is 1. The Labute approximate surface area is 121 Å². The van der Waals surface area contributed by atoms with Gasteiger partial charge in [-0.15, -0.1) is 0 Å². The number of benzene rings is 1. The van der Waals surface area contributed by atoms with Crippen LogP contribution in [-0.4, -0.2) is 43.4 Å². The van der Waals surface area contributed by atoms with Crippen molar-refractivity contribution in [2.24, 2.45) is 5.10 Å². The molecule has 1 amide bonds. The van der Waals surface area contributed by atoms with E-state index in [1.54, 1.807) is 31.2 Å². The second kappa shape index (κ2) is 7.10. The number of carbonyl (C=O) groups excluding carboxylic acids is 1. The molecule has 1 aromatic rings. The van der Waals surface area contributed by atoms with Crippen molar-refractivity contribution in [1.82, 2.24) is 10.3 Å². The Bertz CT molecular complexity index is 526. The molecule has 0 radical (unpaired) electrons. The van der Waals surface area contributed by atoms with Gasteiger partial charge in [-0.25, -0.2) is 0 Å². The Morgan fingerprint density at radius 3 is 2.48 bits per heavy atom. The van der Waals surface area contributed by atoms with Crippen molar-refractivity contribution in [2.75, 3.05) is 20.6 Å². The van der Waals surface area contributed by atoms with Crippen LogP contribution in [0.4, 0.5) is 13.2 Å². The van der Waals surface area contributed by atoms with Gasteiger partial charge in [-0.1, -0.05) is 19.1 Å². The number of hydrogen-bond acceptors (Lipinski definition) is 3. The molecule has 0 heterocycles. The van der Waals surface area contributed by atoms with Crippen LogP contribution in [0.5, 0.6) is 0 Å². The van der Waals surface area contributed by atoms with Crippen molar-refractivity contribution < 1.29 is 18.0 Å². The van der Waals surface area contributed by atoms with E-state index in [4.69, 9.17) is 0 Å². The molecule has 0 saturated carbocycles. The molecular weight excluding hydrogens is 283 g/mol. The number of alkyl halides is 3. The highest BCUT2D eigenvalue weighted by Gasteiger charge is 2.29. The number of nitrogens with zero attached hydrogens (tertiary/aromatic N) is 2. The lowest BCUT2D eigenvalue weighted by Crippen LogP contribution is -2.28. The molecule has 0 aliphatic rings. The van der Waals surface area contributed by atoms with Crippen molar-refractivity contribution in [3.63, 3.8) is 0 Å². The highest BCUT2D eigenvalue weighted by atomic mass is 19.4. The molecule has 4 nitrogen and oxygen atoms in total.